The van der Waals surface area contributed by atoms with E-state index in [1.165, 1.54) is 18.3 Å². The lowest BCUT2D eigenvalue weighted by atomic mass is 10.2. The second-order valence-corrected chi connectivity index (χ2v) is 5.69. The normalized spacial score (nSPS) is 11.5. The number of nitrogens with one attached hydrogen (secondary N) is 2. The van der Waals surface area contributed by atoms with Gasteiger partial charge >= 0.3 is 6.18 Å². The molecular formula is C16H13BrF3N3O. The first-order valence-corrected chi connectivity index (χ1v) is 7.62. The van der Waals surface area contributed by atoms with Crippen molar-refractivity contribution >= 4 is 33.7 Å². The summed E-state index contributed by atoms with van der Waals surface area (Å²) in [6, 6.07) is 11.9. The van der Waals surface area contributed by atoms with E-state index in [9.17, 15) is 18.0 Å². The van der Waals surface area contributed by atoms with Gasteiger partial charge in [-0.3, -0.25) is 4.79 Å². The van der Waals surface area contributed by atoms with E-state index in [1.807, 2.05) is 12.1 Å². The van der Waals surface area contributed by atoms with Gasteiger partial charge in [0.05, 0.1) is 18.3 Å². The van der Waals surface area contributed by atoms with Crippen LogP contribution in [-0.2, 0) is 11.0 Å². The van der Waals surface area contributed by atoms with Crippen LogP contribution >= 0.6 is 15.9 Å². The van der Waals surface area contributed by atoms with Crippen LogP contribution < -0.4 is 10.7 Å². The fraction of sp³-hybridized carbons (Fsp3) is 0.125. The average molecular weight is 400 g/mol. The van der Waals surface area contributed by atoms with Gasteiger partial charge in [-0.25, -0.2) is 5.43 Å². The van der Waals surface area contributed by atoms with Crippen molar-refractivity contribution in [2.45, 2.75) is 6.18 Å². The Morgan fingerprint density at radius 2 is 1.88 bits per heavy atom. The minimum absolute atomic E-state index is 0.195. The first-order valence-electron chi connectivity index (χ1n) is 6.83. The fourth-order valence-electron chi connectivity index (χ4n) is 1.76. The van der Waals surface area contributed by atoms with Gasteiger partial charge in [0.15, 0.2) is 0 Å². The molecule has 0 spiro atoms. The van der Waals surface area contributed by atoms with Crippen LogP contribution in [0.4, 0.5) is 18.9 Å². The standard InChI is InChI=1S/C16H13BrF3N3O/c17-13-6-4-11(5-7-13)9-22-23-15(24)10-21-14-3-1-2-12(8-14)16(18,19)20/h1-9,21H,10H2,(H,23,24)/b22-9-. The Balaban J connectivity index is 1.84. The van der Waals surface area contributed by atoms with Gasteiger partial charge in [-0.1, -0.05) is 34.1 Å². The quantitative estimate of drug-likeness (QED) is 0.588. The van der Waals surface area contributed by atoms with E-state index in [0.29, 0.717) is 0 Å². The lowest BCUT2D eigenvalue weighted by Gasteiger charge is -2.10. The maximum absolute atomic E-state index is 12.6. The molecule has 2 N–H and O–H groups in total. The first kappa shape index (κ1) is 18.0. The molecule has 0 bridgehead atoms. The minimum Gasteiger partial charge on any atom is -0.376 e. The second-order valence-electron chi connectivity index (χ2n) is 4.78. The molecule has 0 aliphatic heterocycles. The zero-order valence-electron chi connectivity index (χ0n) is 12.3. The number of hydrogen-bond acceptors (Lipinski definition) is 3. The number of carbonyl (C=O) groups is 1. The van der Waals surface area contributed by atoms with Gasteiger partial charge in [-0.15, -0.1) is 0 Å². The Hall–Kier alpha value is -2.35. The second kappa shape index (κ2) is 7.96. The number of nitrogens with zero attached hydrogens (tertiary/aromatic N) is 1. The number of rotatable bonds is 5. The van der Waals surface area contributed by atoms with Crippen molar-refractivity contribution in [2.24, 2.45) is 5.10 Å². The molecule has 2 aromatic rings. The molecule has 0 aliphatic carbocycles. The van der Waals surface area contributed by atoms with Crippen LogP contribution in [0.3, 0.4) is 0 Å². The highest BCUT2D eigenvalue weighted by atomic mass is 79.9. The number of amides is 1. The van der Waals surface area contributed by atoms with Crippen LogP contribution in [0.2, 0.25) is 0 Å². The van der Waals surface area contributed by atoms with Crippen LogP contribution in [0, 0.1) is 0 Å². The Bertz CT molecular complexity index is 730. The lowest BCUT2D eigenvalue weighted by Crippen LogP contribution is -2.26. The maximum atomic E-state index is 12.6. The predicted molar refractivity (Wildman–Crippen MR) is 89.8 cm³/mol. The van der Waals surface area contributed by atoms with Crippen molar-refractivity contribution in [1.29, 1.82) is 0 Å². The van der Waals surface area contributed by atoms with E-state index in [4.69, 9.17) is 0 Å². The zero-order valence-corrected chi connectivity index (χ0v) is 13.9. The molecule has 2 rings (SSSR count). The van der Waals surface area contributed by atoms with E-state index in [0.717, 1.165) is 22.2 Å². The summed E-state index contributed by atoms with van der Waals surface area (Å²) in [6.45, 7) is -0.195. The number of halogens is 4. The molecule has 0 atom stereocenters. The SMILES string of the molecule is O=C(CNc1cccc(C(F)(F)F)c1)N/N=C\c1ccc(Br)cc1. The van der Waals surface area contributed by atoms with Crippen molar-refractivity contribution in [3.05, 3.63) is 64.1 Å². The van der Waals surface area contributed by atoms with E-state index in [-0.39, 0.29) is 12.2 Å². The summed E-state index contributed by atoms with van der Waals surface area (Å²) in [6.07, 6.45) is -2.95. The first-order chi connectivity index (χ1) is 11.3. The molecule has 4 nitrogen and oxygen atoms in total. The van der Waals surface area contributed by atoms with Crippen LogP contribution in [0.25, 0.3) is 0 Å². The largest absolute Gasteiger partial charge is 0.416 e. The van der Waals surface area contributed by atoms with E-state index < -0.39 is 17.6 Å². The Labute approximate surface area is 144 Å². The molecule has 126 valence electrons. The smallest absolute Gasteiger partial charge is 0.376 e. The monoisotopic (exact) mass is 399 g/mol. The molecule has 1 amide bonds. The number of hydrazone groups is 1. The van der Waals surface area contributed by atoms with Crippen molar-refractivity contribution in [2.75, 3.05) is 11.9 Å². The van der Waals surface area contributed by atoms with Gasteiger partial charge in [0.1, 0.15) is 0 Å². The highest BCUT2D eigenvalue weighted by Gasteiger charge is 2.30. The van der Waals surface area contributed by atoms with E-state index >= 15 is 0 Å². The maximum Gasteiger partial charge on any atom is 0.416 e. The summed E-state index contributed by atoms with van der Waals surface area (Å²) in [7, 11) is 0. The Kier molecular flexibility index (Phi) is 5.97. The summed E-state index contributed by atoms with van der Waals surface area (Å²) < 4.78 is 38.7. The molecular weight excluding hydrogens is 387 g/mol. The molecule has 0 unspecified atom stereocenters. The predicted octanol–water partition coefficient (Wildman–Crippen LogP) is 4.03. The molecule has 0 aromatic heterocycles. The summed E-state index contributed by atoms with van der Waals surface area (Å²) in [4.78, 5) is 11.6. The number of benzene rings is 2. The highest BCUT2D eigenvalue weighted by molar-refractivity contribution is 9.10. The molecule has 0 radical (unpaired) electrons. The summed E-state index contributed by atoms with van der Waals surface area (Å²) in [5.74, 6) is -0.472. The third-order valence-corrected chi connectivity index (χ3v) is 3.44. The van der Waals surface area contributed by atoms with Gasteiger partial charge < -0.3 is 5.32 Å². The van der Waals surface area contributed by atoms with Crippen molar-refractivity contribution in [3.8, 4) is 0 Å². The van der Waals surface area contributed by atoms with Crippen molar-refractivity contribution < 1.29 is 18.0 Å². The van der Waals surface area contributed by atoms with Gasteiger partial charge in [0.25, 0.3) is 5.91 Å². The Morgan fingerprint density at radius 3 is 2.54 bits per heavy atom. The third-order valence-electron chi connectivity index (χ3n) is 2.92. The van der Waals surface area contributed by atoms with Gasteiger partial charge in [-0.05, 0) is 35.9 Å². The average Bonchev–Trinajstić information content (AvgIpc) is 2.54. The molecule has 0 aliphatic rings. The molecule has 0 fully saturated rings. The zero-order chi connectivity index (χ0) is 17.6. The minimum atomic E-state index is -4.42. The Morgan fingerprint density at radius 1 is 1.17 bits per heavy atom. The third kappa shape index (κ3) is 5.69. The summed E-state index contributed by atoms with van der Waals surface area (Å²) in [5.41, 5.74) is 2.52. The topological polar surface area (TPSA) is 53.5 Å². The molecule has 8 heteroatoms. The highest BCUT2D eigenvalue weighted by Crippen LogP contribution is 2.30. The molecule has 24 heavy (non-hydrogen) atoms. The number of hydrogen-bond donors (Lipinski definition) is 2. The fourth-order valence-corrected chi connectivity index (χ4v) is 2.02. The van der Waals surface area contributed by atoms with Gasteiger partial charge in [0.2, 0.25) is 0 Å². The molecule has 0 saturated heterocycles. The van der Waals surface area contributed by atoms with Gasteiger partial charge in [-0.2, -0.15) is 18.3 Å². The van der Waals surface area contributed by atoms with Crippen molar-refractivity contribution in [3.63, 3.8) is 0 Å². The number of anilines is 1. The van der Waals surface area contributed by atoms with Crippen molar-refractivity contribution in [1.82, 2.24) is 5.43 Å². The molecule has 2 aromatic carbocycles. The summed E-state index contributed by atoms with van der Waals surface area (Å²) >= 11 is 3.30. The van der Waals surface area contributed by atoms with Crippen LogP contribution in [0.1, 0.15) is 11.1 Å². The molecule has 0 saturated carbocycles. The summed E-state index contributed by atoms with van der Waals surface area (Å²) in [5, 5.41) is 6.40. The number of carbonyl (C=O) groups excluding carboxylic acids is 1. The van der Waals surface area contributed by atoms with Crippen LogP contribution in [0.15, 0.2) is 58.1 Å². The lowest BCUT2D eigenvalue weighted by molar-refractivity contribution is -0.137. The molecule has 0 heterocycles. The number of alkyl halides is 3. The van der Waals surface area contributed by atoms with Gasteiger partial charge in [0, 0.05) is 10.2 Å². The van der Waals surface area contributed by atoms with Crippen LogP contribution in [-0.4, -0.2) is 18.7 Å². The van der Waals surface area contributed by atoms with E-state index in [1.54, 1.807) is 12.1 Å². The van der Waals surface area contributed by atoms with E-state index in [2.05, 4.69) is 31.8 Å². The van der Waals surface area contributed by atoms with Crippen LogP contribution in [0.5, 0.6) is 0 Å².